The van der Waals surface area contributed by atoms with Crippen molar-refractivity contribution >= 4 is 7.60 Å². The average molecular weight is 216 g/mol. The van der Waals surface area contributed by atoms with Crippen LogP contribution in [-0.2, 0) is 19.8 Å². The van der Waals surface area contributed by atoms with E-state index in [1.54, 1.807) is 18.2 Å². The summed E-state index contributed by atoms with van der Waals surface area (Å²) in [6.45, 7) is 0. The van der Waals surface area contributed by atoms with Crippen molar-refractivity contribution in [3.8, 4) is 5.75 Å². The van der Waals surface area contributed by atoms with Gasteiger partial charge in [0.2, 0.25) is 0 Å². The maximum Gasteiger partial charge on any atom is 0.334 e. The molecule has 0 aliphatic rings. The Morgan fingerprint density at radius 2 is 2.00 bits per heavy atom. The molecule has 0 saturated heterocycles. The van der Waals surface area contributed by atoms with Crippen LogP contribution in [0.5, 0.6) is 5.75 Å². The highest BCUT2D eigenvalue weighted by Gasteiger charge is 2.21. The smallest absolute Gasteiger partial charge is 0.334 e. The van der Waals surface area contributed by atoms with Crippen molar-refractivity contribution in [1.29, 1.82) is 0 Å². The molecule has 0 fully saturated rings. The lowest BCUT2D eigenvalue weighted by Gasteiger charge is -2.13. The summed E-state index contributed by atoms with van der Waals surface area (Å²) in [6, 6.07) is 6.52. The van der Waals surface area contributed by atoms with E-state index in [1.807, 2.05) is 0 Å². The molecule has 0 spiro atoms. The highest BCUT2D eigenvalue weighted by atomic mass is 31.2. The van der Waals surface area contributed by atoms with Gasteiger partial charge in [0.15, 0.2) is 0 Å². The molecule has 0 saturated carbocycles. The molecule has 5 heteroatoms. The maximum absolute atomic E-state index is 11.7. The molecular weight excluding hydrogens is 203 g/mol. The molecule has 0 radical (unpaired) electrons. The molecule has 0 bridgehead atoms. The van der Waals surface area contributed by atoms with Crippen LogP contribution >= 0.6 is 7.60 Å². The second-order valence-corrected chi connectivity index (χ2v) is 5.07. The van der Waals surface area contributed by atoms with E-state index in [-0.39, 0.29) is 11.9 Å². The lowest BCUT2D eigenvalue weighted by atomic mass is 10.2. The monoisotopic (exact) mass is 216 g/mol. The van der Waals surface area contributed by atoms with Gasteiger partial charge in [-0.2, -0.15) is 0 Å². The van der Waals surface area contributed by atoms with E-state index in [2.05, 4.69) is 0 Å². The van der Waals surface area contributed by atoms with Crippen molar-refractivity contribution in [3.63, 3.8) is 0 Å². The second-order valence-electron chi connectivity index (χ2n) is 2.80. The van der Waals surface area contributed by atoms with Crippen molar-refractivity contribution < 1.29 is 18.7 Å². The van der Waals surface area contributed by atoms with Crippen LogP contribution in [0.15, 0.2) is 24.3 Å². The summed E-state index contributed by atoms with van der Waals surface area (Å²) in [4.78, 5) is 0. The molecule has 0 unspecified atom stereocenters. The van der Waals surface area contributed by atoms with Gasteiger partial charge in [0.1, 0.15) is 5.75 Å². The topological polar surface area (TPSA) is 55.8 Å². The number of aromatic hydroxyl groups is 1. The van der Waals surface area contributed by atoms with Crippen molar-refractivity contribution in [2.75, 3.05) is 14.2 Å². The van der Waals surface area contributed by atoms with Gasteiger partial charge in [-0.05, 0) is 17.7 Å². The van der Waals surface area contributed by atoms with Crippen LogP contribution in [0.25, 0.3) is 0 Å². The van der Waals surface area contributed by atoms with E-state index in [1.165, 1.54) is 20.3 Å². The molecule has 4 nitrogen and oxygen atoms in total. The fraction of sp³-hybridized carbons (Fsp3) is 0.333. The molecular formula is C9H13O4P. The second kappa shape index (κ2) is 4.60. The standard InChI is InChI=1S/C9H13O4P/c1-12-14(11,13-2)7-8-4-3-5-9(10)6-8/h3-6,10H,7H2,1-2H3. The van der Waals surface area contributed by atoms with Gasteiger partial charge in [0.05, 0.1) is 6.16 Å². The minimum Gasteiger partial charge on any atom is -0.508 e. The molecule has 78 valence electrons. The quantitative estimate of drug-likeness (QED) is 0.785. The number of hydrogen-bond donors (Lipinski definition) is 1. The fourth-order valence-electron chi connectivity index (χ4n) is 1.08. The molecule has 1 aromatic carbocycles. The maximum atomic E-state index is 11.7. The van der Waals surface area contributed by atoms with E-state index >= 15 is 0 Å². The Balaban J connectivity index is 2.83. The summed E-state index contributed by atoms with van der Waals surface area (Å²) in [6.07, 6.45) is 0.161. The molecule has 1 aromatic rings. The Bertz CT molecular complexity index is 342. The number of phenolic OH excluding ortho intramolecular Hbond substituents is 1. The highest BCUT2D eigenvalue weighted by Crippen LogP contribution is 2.49. The minimum atomic E-state index is -3.03. The molecule has 0 aliphatic heterocycles. The predicted octanol–water partition coefficient (Wildman–Crippen LogP) is 2.38. The van der Waals surface area contributed by atoms with E-state index in [0.29, 0.717) is 0 Å². The summed E-state index contributed by atoms with van der Waals surface area (Å²) in [5, 5.41) is 9.18. The van der Waals surface area contributed by atoms with Crippen molar-refractivity contribution in [2.24, 2.45) is 0 Å². The minimum absolute atomic E-state index is 0.140. The van der Waals surface area contributed by atoms with E-state index in [4.69, 9.17) is 9.05 Å². The number of rotatable bonds is 4. The summed E-state index contributed by atoms with van der Waals surface area (Å²) in [7, 11) is -0.353. The Hall–Kier alpha value is -0.830. The van der Waals surface area contributed by atoms with Gasteiger partial charge >= 0.3 is 7.60 Å². The summed E-state index contributed by atoms with van der Waals surface area (Å²) in [5.41, 5.74) is 0.719. The van der Waals surface area contributed by atoms with Crippen LogP contribution in [0.4, 0.5) is 0 Å². The molecule has 1 rings (SSSR count). The zero-order chi connectivity index (χ0) is 10.6. The van der Waals surface area contributed by atoms with Gasteiger partial charge in [-0.25, -0.2) is 0 Å². The van der Waals surface area contributed by atoms with Crippen LogP contribution in [0.2, 0.25) is 0 Å². The first-order valence-corrected chi connectivity index (χ1v) is 5.81. The molecule has 14 heavy (non-hydrogen) atoms. The van der Waals surface area contributed by atoms with E-state index in [0.717, 1.165) is 5.56 Å². The van der Waals surface area contributed by atoms with Crippen LogP contribution < -0.4 is 0 Å². The lowest BCUT2D eigenvalue weighted by Crippen LogP contribution is -1.93. The summed E-state index contributed by atoms with van der Waals surface area (Å²) < 4.78 is 21.3. The largest absolute Gasteiger partial charge is 0.508 e. The third kappa shape index (κ3) is 2.84. The summed E-state index contributed by atoms with van der Waals surface area (Å²) in [5.74, 6) is 0.140. The van der Waals surface area contributed by atoms with Crippen LogP contribution in [0, 0.1) is 0 Å². The molecule has 0 heterocycles. The summed E-state index contributed by atoms with van der Waals surface area (Å²) >= 11 is 0. The molecule has 1 N–H and O–H groups in total. The SMILES string of the molecule is COP(=O)(Cc1cccc(O)c1)OC. The van der Waals surface area contributed by atoms with Crippen molar-refractivity contribution in [2.45, 2.75) is 6.16 Å². The number of benzene rings is 1. The first-order valence-electron chi connectivity index (χ1n) is 4.08. The molecule has 0 atom stereocenters. The highest BCUT2D eigenvalue weighted by molar-refractivity contribution is 7.52. The van der Waals surface area contributed by atoms with Crippen LogP contribution in [0.1, 0.15) is 5.56 Å². The van der Waals surface area contributed by atoms with Crippen LogP contribution in [0.3, 0.4) is 0 Å². The van der Waals surface area contributed by atoms with Gasteiger partial charge in [-0.3, -0.25) is 4.57 Å². The van der Waals surface area contributed by atoms with Gasteiger partial charge in [0.25, 0.3) is 0 Å². The predicted molar refractivity (Wildman–Crippen MR) is 53.4 cm³/mol. The van der Waals surface area contributed by atoms with Crippen molar-refractivity contribution in [1.82, 2.24) is 0 Å². The van der Waals surface area contributed by atoms with Crippen LogP contribution in [-0.4, -0.2) is 19.3 Å². The van der Waals surface area contributed by atoms with E-state index in [9.17, 15) is 9.67 Å². The van der Waals surface area contributed by atoms with Gasteiger partial charge in [0, 0.05) is 14.2 Å². The zero-order valence-corrected chi connectivity index (χ0v) is 9.03. The fourth-order valence-corrected chi connectivity index (χ4v) is 2.13. The van der Waals surface area contributed by atoms with Gasteiger partial charge in [-0.15, -0.1) is 0 Å². The molecule has 0 amide bonds. The Labute approximate surface area is 83.0 Å². The molecule has 0 aromatic heterocycles. The Morgan fingerprint density at radius 3 is 2.50 bits per heavy atom. The number of phenols is 1. The lowest BCUT2D eigenvalue weighted by molar-refractivity contribution is 0.275. The first-order chi connectivity index (χ1) is 6.59. The third-order valence-electron chi connectivity index (χ3n) is 1.84. The van der Waals surface area contributed by atoms with Gasteiger partial charge < -0.3 is 14.2 Å². The third-order valence-corrected chi connectivity index (χ3v) is 3.71. The first kappa shape index (κ1) is 11.2. The zero-order valence-electron chi connectivity index (χ0n) is 8.14. The Morgan fingerprint density at radius 1 is 1.36 bits per heavy atom. The number of hydrogen-bond acceptors (Lipinski definition) is 4. The van der Waals surface area contributed by atoms with Crippen molar-refractivity contribution in [3.05, 3.63) is 29.8 Å². The normalized spacial score (nSPS) is 11.6. The molecule has 0 aliphatic carbocycles. The average Bonchev–Trinajstić information content (AvgIpc) is 2.18. The van der Waals surface area contributed by atoms with Gasteiger partial charge in [-0.1, -0.05) is 12.1 Å². The van der Waals surface area contributed by atoms with E-state index < -0.39 is 7.60 Å². The Kier molecular flexibility index (Phi) is 3.69.